The zero-order valence-corrected chi connectivity index (χ0v) is 20.6. The summed E-state index contributed by atoms with van der Waals surface area (Å²) in [5.74, 6) is 1.70. The Morgan fingerprint density at radius 2 is 1.76 bits per heavy atom. The molecule has 0 bridgehead atoms. The molecular formula is C24H35ClN6O2. The van der Waals surface area contributed by atoms with E-state index in [0.29, 0.717) is 34.7 Å². The minimum Gasteiger partial charge on any atom is -0.495 e. The van der Waals surface area contributed by atoms with E-state index in [1.165, 1.54) is 25.7 Å². The molecule has 4 rings (SSSR count). The van der Waals surface area contributed by atoms with Crippen LogP contribution in [0, 0.1) is 0 Å². The number of rotatable bonds is 7. The summed E-state index contributed by atoms with van der Waals surface area (Å²) in [6.45, 7) is 2.14. The first-order valence-corrected chi connectivity index (χ1v) is 12.3. The molecule has 2 aromatic rings. The molecule has 180 valence electrons. The topological polar surface area (TPSA) is 75.6 Å². The normalized spacial score (nSPS) is 18.5. The maximum atomic E-state index is 6.31. The number of aromatic nitrogens is 3. The minimum atomic E-state index is 0.152. The average molecular weight is 475 g/mol. The van der Waals surface area contributed by atoms with E-state index in [1.54, 1.807) is 13.2 Å². The summed E-state index contributed by atoms with van der Waals surface area (Å²) in [6.07, 6.45) is 9.31. The van der Waals surface area contributed by atoms with Crippen molar-refractivity contribution in [1.82, 2.24) is 19.9 Å². The van der Waals surface area contributed by atoms with Crippen molar-refractivity contribution >= 4 is 29.2 Å². The van der Waals surface area contributed by atoms with E-state index in [0.717, 1.165) is 44.5 Å². The number of piperidine rings is 1. The lowest BCUT2D eigenvalue weighted by atomic mass is 10.0. The third kappa shape index (κ3) is 6.38. The van der Waals surface area contributed by atoms with Gasteiger partial charge < -0.3 is 24.6 Å². The summed E-state index contributed by atoms with van der Waals surface area (Å²) in [7, 11) is 5.83. The van der Waals surface area contributed by atoms with Crippen molar-refractivity contribution in [2.24, 2.45) is 0 Å². The number of halogens is 1. The number of methoxy groups -OCH3 is 1. The maximum absolute atomic E-state index is 6.31. The lowest BCUT2D eigenvalue weighted by Crippen LogP contribution is -2.42. The first kappa shape index (κ1) is 23.8. The van der Waals surface area contributed by atoms with Crippen molar-refractivity contribution in [2.75, 3.05) is 44.5 Å². The van der Waals surface area contributed by atoms with E-state index in [1.807, 2.05) is 12.1 Å². The quantitative estimate of drug-likeness (QED) is 0.567. The van der Waals surface area contributed by atoms with E-state index in [9.17, 15) is 0 Å². The van der Waals surface area contributed by atoms with Gasteiger partial charge in [0.15, 0.2) is 0 Å². The standard InChI is InChI=1S/C24H35ClN6O2/c1-30-14-12-18(13-15-30)31(2)23-27-22(26-17-10-11-21(32-3)20(25)16-17)28-24(29-23)33-19-8-6-4-5-7-9-19/h10-11,16,18-19H,4-9,12-15H2,1-3H3,(H,26,27,28,29). The van der Waals surface area contributed by atoms with Crippen LogP contribution in [0.3, 0.4) is 0 Å². The van der Waals surface area contributed by atoms with Crippen molar-refractivity contribution in [3.05, 3.63) is 23.2 Å². The Labute approximate surface area is 201 Å². The van der Waals surface area contributed by atoms with Gasteiger partial charge in [0.05, 0.1) is 12.1 Å². The minimum absolute atomic E-state index is 0.152. The molecule has 9 heteroatoms. The van der Waals surface area contributed by atoms with Crippen LogP contribution in [0.4, 0.5) is 17.6 Å². The summed E-state index contributed by atoms with van der Waals surface area (Å²) in [5.41, 5.74) is 0.778. The number of benzene rings is 1. The molecule has 33 heavy (non-hydrogen) atoms. The molecule has 1 saturated carbocycles. The van der Waals surface area contributed by atoms with Crippen LogP contribution in [0.1, 0.15) is 51.4 Å². The molecule has 2 fully saturated rings. The highest BCUT2D eigenvalue weighted by Crippen LogP contribution is 2.30. The predicted molar refractivity (Wildman–Crippen MR) is 132 cm³/mol. The van der Waals surface area contributed by atoms with Crippen LogP contribution in [-0.2, 0) is 0 Å². The smallest absolute Gasteiger partial charge is 0.323 e. The molecule has 8 nitrogen and oxygen atoms in total. The van der Waals surface area contributed by atoms with Gasteiger partial charge in [0.25, 0.3) is 0 Å². The Morgan fingerprint density at radius 3 is 2.42 bits per heavy atom. The number of hydrogen-bond acceptors (Lipinski definition) is 8. The highest BCUT2D eigenvalue weighted by Gasteiger charge is 2.24. The Kier molecular flexibility index (Phi) is 8.09. The van der Waals surface area contributed by atoms with Gasteiger partial charge in [-0.1, -0.05) is 24.4 Å². The monoisotopic (exact) mass is 474 g/mol. The third-order valence-electron chi connectivity index (χ3n) is 6.64. The van der Waals surface area contributed by atoms with Gasteiger partial charge in [-0.05, 0) is 76.9 Å². The highest BCUT2D eigenvalue weighted by atomic mass is 35.5. The van der Waals surface area contributed by atoms with Crippen LogP contribution in [0.2, 0.25) is 5.02 Å². The Morgan fingerprint density at radius 1 is 1.03 bits per heavy atom. The first-order chi connectivity index (χ1) is 16.0. The van der Waals surface area contributed by atoms with Crippen LogP contribution in [0.25, 0.3) is 0 Å². The molecule has 0 spiro atoms. The van der Waals surface area contributed by atoms with Crippen LogP contribution >= 0.6 is 11.6 Å². The second-order valence-electron chi connectivity index (χ2n) is 9.09. The molecule has 0 radical (unpaired) electrons. The number of hydrogen-bond donors (Lipinski definition) is 1. The van der Waals surface area contributed by atoms with Gasteiger partial charge in [0, 0.05) is 18.8 Å². The second-order valence-corrected chi connectivity index (χ2v) is 9.50. The van der Waals surface area contributed by atoms with Gasteiger partial charge in [-0.25, -0.2) is 0 Å². The van der Waals surface area contributed by atoms with Crippen LogP contribution in [-0.4, -0.2) is 66.3 Å². The molecule has 2 heterocycles. The first-order valence-electron chi connectivity index (χ1n) is 12.0. The van der Waals surface area contributed by atoms with Crippen LogP contribution in [0.5, 0.6) is 11.8 Å². The maximum Gasteiger partial charge on any atom is 0.323 e. The van der Waals surface area contributed by atoms with Crippen molar-refractivity contribution in [3.8, 4) is 11.8 Å². The Balaban J connectivity index is 1.58. The molecule has 1 aromatic carbocycles. The number of anilines is 3. The molecule has 0 amide bonds. The fraction of sp³-hybridized carbons (Fsp3) is 0.625. The predicted octanol–water partition coefficient (Wildman–Crippen LogP) is 4.91. The van der Waals surface area contributed by atoms with E-state index >= 15 is 0 Å². The van der Waals surface area contributed by atoms with Gasteiger partial charge in [-0.3, -0.25) is 0 Å². The van der Waals surface area contributed by atoms with Gasteiger partial charge in [0.2, 0.25) is 11.9 Å². The van der Waals surface area contributed by atoms with Crippen LogP contribution < -0.4 is 19.7 Å². The van der Waals surface area contributed by atoms with Gasteiger partial charge >= 0.3 is 6.01 Å². The molecule has 0 atom stereocenters. The van der Waals surface area contributed by atoms with Crippen molar-refractivity contribution in [2.45, 2.75) is 63.5 Å². The molecule has 0 unspecified atom stereocenters. The van der Waals surface area contributed by atoms with E-state index in [-0.39, 0.29) is 6.10 Å². The molecule has 2 aliphatic rings. The van der Waals surface area contributed by atoms with Crippen molar-refractivity contribution in [3.63, 3.8) is 0 Å². The lowest BCUT2D eigenvalue weighted by Gasteiger charge is -2.35. The highest BCUT2D eigenvalue weighted by molar-refractivity contribution is 6.32. The Bertz CT molecular complexity index is 914. The third-order valence-corrected chi connectivity index (χ3v) is 6.93. The van der Waals surface area contributed by atoms with Gasteiger partial charge in [-0.15, -0.1) is 0 Å². The zero-order chi connectivity index (χ0) is 23.2. The summed E-state index contributed by atoms with van der Waals surface area (Å²) >= 11 is 6.31. The zero-order valence-electron chi connectivity index (χ0n) is 19.9. The number of nitrogens with one attached hydrogen (secondary N) is 1. The van der Waals surface area contributed by atoms with Gasteiger partial charge in [0.1, 0.15) is 11.9 Å². The van der Waals surface area contributed by atoms with E-state index in [4.69, 9.17) is 31.0 Å². The van der Waals surface area contributed by atoms with E-state index in [2.05, 4.69) is 34.2 Å². The molecule has 1 aromatic heterocycles. The Hall–Kier alpha value is -2.32. The van der Waals surface area contributed by atoms with E-state index < -0.39 is 0 Å². The number of likely N-dealkylation sites (tertiary alicyclic amines) is 1. The second kappa shape index (κ2) is 11.2. The largest absolute Gasteiger partial charge is 0.495 e. The summed E-state index contributed by atoms with van der Waals surface area (Å²) in [4.78, 5) is 18.6. The number of ether oxygens (including phenoxy) is 2. The molecular weight excluding hydrogens is 440 g/mol. The van der Waals surface area contributed by atoms with Crippen molar-refractivity contribution in [1.29, 1.82) is 0 Å². The number of nitrogens with zero attached hydrogens (tertiary/aromatic N) is 5. The van der Waals surface area contributed by atoms with Gasteiger partial charge in [-0.2, -0.15) is 15.0 Å². The summed E-state index contributed by atoms with van der Waals surface area (Å²) < 4.78 is 11.5. The van der Waals surface area contributed by atoms with Crippen molar-refractivity contribution < 1.29 is 9.47 Å². The fourth-order valence-electron chi connectivity index (χ4n) is 4.54. The lowest BCUT2D eigenvalue weighted by molar-refractivity contribution is 0.168. The fourth-order valence-corrected chi connectivity index (χ4v) is 4.80. The SMILES string of the molecule is COc1ccc(Nc2nc(OC3CCCCCC3)nc(N(C)C3CCN(C)CC3)n2)cc1Cl. The average Bonchev–Trinajstić information content (AvgIpc) is 3.08. The molecule has 1 N–H and O–H groups in total. The molecule has 1 aliphatic carbocycles. The molecule has 1 aliphatic heterocycles. The van der Waals surface area contributed by atoms with Crippen LogP contribution in [0.15, 0.2) is 18.2 Å². The summed E-state index contributed by atoms with van der Waals surface area (Å²) in [5, 5.41) is 3.80. The summed E-state index contributed by atoms with van der Waals surface area (Å²) in [6, 6.07) is 6.28. The molecule has 1 saturated heterocycles.